The number of anilines is 1. The van der Waals surface area contributed by atoms with E-state index in [1.54, 1.807) is 6.20 Å². The molecule has 4 heterocycles. The molecule has 0 aliphatic carbocycles. The van der Waals surface area contributed by atoms with E-state index in [9.17, 15) is 13.2 Å². The molecule has 0 amide bonds. The van der Waals surface area contributed by atoms with Gasteiger partial charge in [0.25, 0.3) is 0 Å². The molecule has 5 aromatic rings. The van der Waals surface area contributed by atoms with Gasteiger partial charge in [0.1, 0.15) is 0 Å². The molecule has 6 rings (SSSR count). The van der Waals surface area contributed by atoms with E-state index in [1.807, 2.05) is 21.7 Å². The summed E-state index contributed by atoms with van der Waals surface area (Å²) in [5, 5.41) is 5.85. The number of nitrogens with zero attached hydrogens (tertiary/aromatic N) is 5. The molecule has 212 valence electrons. The molecule has 0 atom stereocenters. The van der Waals surface area contributed by atoms with Crippen LogP contribution in [0.3, 0.4) is 0 Å². The quantitative estimate of drug-likeness (QED) is 0.234. The summed E-state index contributed by atoms with van der Waals surface area (Å²) >= 11 is 0. The average molecular weight is 565 g/mol. The van der Waals surface area contributed by atoms with E-state index in [1.165, 1.54) is 13.2 Å². The smallest absolute Gasteiger partial charge is 0.419 e. The Balaban J connectivity index is 1.58. The summed E-state index contributed by atoms with van der Waals surface area (Å²) < 4.78 is 62.2. The first-order valence-corrected chi connectivity index (χ1v) is 13.4. The number of H-pyrrole nitrogens is 1. The van der Waals surface area contributed by atoms with E-state index in [0.717, 1.165) is 64.4 Å². The predicted octanol–water partition coefficient (Wildman–Crippen LogP) is 6.66. The summed E-state index contributed by atoms with van der Waals surface area (Å²) in [7, 11) is 1.43. The van der Waals surface area contributed by atoms with Crippen molar-refractivity contribution in [3.63, 3.8) is 0 Å². The monoisotopic (exact) mass is 564 g/mol. The minimum atomic E-state index is -4.52. The fourth-order valence-electron chi connectivity index (χ4n) is 5.67. The van der Waals surface area contributed by atoms with Crippen molar-refractivity contribution in [1.82, 2.24) is 24.7 Å². The van der Waals surface area contributed by atoms with E-state index >= 15 is 4.39 Å². The number of hydrogen-bond donors (Lipinski definition) is 1. The number of ether oxygens (including phenoxy) is 1. The molecule has 1 aliphatic heterocycles. The van der Waals surface area contributed by atoms with Gasteiger partial charge in [-0.05, 0) is 36.1 Å². The Kier molecular flexibility index (Phi) is 6.67. The molecule has 0 saturated heterocycles. The highest BCUT2D eigenvalue weighted by Gasteiger charge is 2.33. The van der Waals surface area contributed by atoms with E-state index < -0.39 is 17.6 Å². The van der Waals surface area contributed by atoms with Crippen LogP contribution < -0.4 is 9.64 Å². The van der Waals surface area contributed by atoms with E-state index in [-0.39, 0.29) is 11.7 Å². The van der Waals surface area contributed by atoms with Crippen molar-refractivity contribution in [2.45, 2.75) is 45.8 Å². The minimum absolute atomic E-state index is 0.122. The molecule has 0 radical (unpaired) electrons. The molecule has 0 spiro atoms. The maximum Gasteiger partial charge on any atom is 0.419 e. The van der Waals surface area contributed by atoms with Crippen LogP contribution in [0, 0.1) is 5.82 Å². The van der Waals surface area contributed by atoms with Gasteiger partial charge < -0.3 is 14.6 Å². The topological polar surface area (TPSA) is 71.9 Å². The van der Waals surface area contributed by atoms with E-state index in [2.05, 4.69) is 40.9 Å². The van der Waals surface area contributed by atoms with Crippen LogP contribution in [-0.2, 0) is 32.0 Å². The Morgan fingerprint density at radius 1 is 1.05 bits per heavy atom. The van der Waals surface area contributed by atoms with Gasteiger partial charge in [0.15, 0.2) is 11.6 Å². The van der Waals surface area contributed by atoms with Gasteiger partial charge in [-0.1, -0.05) is 32.0 Å². The molecule has 2 aromatic carbocycles. The van der Waals surface area contributed by atoms with Crippen LogP contribution in [0.4, 0.5) is 23.5 Å². The third-order valence-electron chi connectivity index (χ3n) is 7.67. The van der Waals surface area contributed by atoms with Crippen molar-refractivity contribution >= 4 is 16.9 Å². The van der Waals surface area contributed by atoms with Gasteiger partial charge in [-0.2, -0.15) is 18.3 Å². The van der Waals surface area contributed by atoms with Crippen LogP contribution in [0.2, 0.25) is 0 Å². The summed E-state index contributed by atoms with van der Waals surface area (Å²) in [4.78, 5) is 13.0. The number of nitrogens with one attached hydrogen (secondary N) is 1. The Labute approximate surface area is 233 Å². The summed E-state index contributed by atoms with van der Waals surface area (Å²) in [6.07, 6.45) is 0.884. The van der Waals surface area contributed by atoms with Gasteiger partial charge in [0.05, 0.1) is 35.3 Å². The number of hydrogen-bond acceptors (Lipinski definition) is 5. The number of alkyl halides is 3. The lowest BCUT2D eigenvalue weighted by Crippen LogP contribution is -2.31. The average Bonchev–Trinajstić information content (AvgIpc) is 3.61. The lowest BCUT2D eigenvalue weighted by atomic mass is 9.97. The Bertz CT molecular complexity index is 1720. The van der Waals surface area contributed by atoms with Gasteiger partial charge in [-0.3, -0.25) is 0 Å². The Morgan fingerprint density at radius 3 is 2.39 bits per heavy atom. The van der Waals surface area contributed by atoms with Gasteiger partial charge >= 0.3 is 6.18 Å². The van der Waals surface area contributed by atoms with Crippen LogP contribution in [0.25, 0.3) is 27.8 Å². The number of benzene rings is 2. The normalized spacial score (nSPS) is 13.6. The molecule has 7 nitrogen and oxygen atoms in total. The Morgan fingerprint density at radius 2 is 1.76 bits per heavy atom. The maximum atomic E-state index is 15.5. The number of aryl methyl sites for hydroxylation is 2. The summed E-state index contributed by atoms with van der Waals surface area (Å²) in [5.41, 5.74) is 5.84. The summed E-state index contributed by atoms with van der Waals surface area (Å²) in [5.74, 6) is -0.202. The Hall–Kier alpha value is -4.41. The zero-order chi connectivity index (χ0) is 28.9. The molecule has 0 saturated carbocycles. The predicted molar refractivity (Wildman–Crippen MR) is 148 cm³/mol. The fraction of sp³-hybridized carbons (Fsp3) is 0.300. The van der Waals surface area contributed by atoms with Crippen LogP contribution in [0.15, 0.2) is 48.9 Å². The van der Waals surface area contributed by atoms with Crippen LogP contribution in [0.5, 0.6) is 5.75 Å². The first-order valence-electron chi connectivity index (χ1n) is 13.4. The van der Waals surface area contributed by atoms with E-state index in [4.69, 9.17) is 9.84 Å². The molecule has 0 bridgehead atoms. The van der Waals surface area contributed by atoms with Crippen molar-refractivity contribution < 1.29 is 22.3 Å². The SMILES string of the molecule is CCc1cccc(CC)c1-n1nc2c(c1-c1cc(F)c(OC)c3[nH]ccc13)CN(c1ncc(C(F)(F)F)cn1)CC2. The van der Waals surface area contributed by atoms with Crippen molar-refractivity contribution in [2.75, 3.05) is 18.6 Å². The molecule has 0 unspecified atom stereocenters. The third kappa shape index (κ3) is 4.49. The summed E-state index contributed by atoms with van der Waals surface area (Å²) in [6.45, 7) is 4.94. The molecule has 3 aromatic heterocycles. The zero-order valence-electron chi connectivity index (χ0n) is 22.8. The number of halogens is 4. The molecular weight excluding hydrogens is 536 g/mol. The number of fused-ring (bicyclic) bond motifs is 2. The zero-order valence-corrected chi connectivity index (χ0v) is 22.8. The second-order valence-electron chi connectivity index (χ2n) is 9.96. The van der Waals surface area contributed by atoms with Crippen LogP contribution in [-0.4, -0.2) is 38.4 Å². The fourth-order valence-corrected chi connectivity index (χ4v) is 5.67. The second-order valence-corrected chi connectivity index (χ2v) is 9.96. The van der Waals surface area contributed by atoms with Crippen molar-refractivity contribution in [1.29, 1.82) is 0 Å². The standard InChI is InChI=1S/C30H28F4N6O/c1-4-17-7-6-8-18(5-2)26(17)40-27(21-13-23(31)28(41-3)25-20(21)9-11-35-25)22-16-39(12-10-24(22)38-40)29-36-14-19(15-37-29)30(32,33)34/h6-9,11,13-15,35H,4-5,10,12,16H2,1-3H3. The lowest BCUT2D eigenvalue weighted by Gasteiger charge is -2.27. The minimum Gasteiger partial charge on any atom is -0.492 e. The number of aromatic amines is 1. The van der Waals surface area contributed by atoms with Crippen LogP contribution in [0.1, 0.15) is 41.8 Å². The highest BCUT2D eigenvalue weighted by molar-refractivity contribution is 5.99. The van der Waals surface area contributed by atoms with Crippen LogP contribution >= 0.6 is 0 Å². The lowest BCUT2D eigenvalue weighted by molar-refractivity contribution is -0.138. The highest BCUT2D eigenvalue weighted by atomic mass is 19.4. The molecule has 11 heteroatoms. The molecule has 41 heavy (non-hydrogen) atoms. The van der Waals surface area contributed by atoms with Crippen molar-refractivity contribution in [2.24, 2.45) is 0 Å². The third-order valence-corrected chi connectivity index (χ3v) is 7.67. The largest absolute Gasteiger partial charge is 0.492 e. The maximum absolute atomic E-state index is 15.5. The molecule has 0 fully saturated rings. The molecule has 1 N–H and O–H groups in total. The van der Waals surface area contributed by atoms with Crippen molar-refractivity contribution in [3.05, 3.63) is 82.7 Å². The number of methoxy groups -OCH3 is 1. The molecule has 1 aliphatic rings. The van der Waals surface area contributed by atoms with Gasteiger partial charge in [-0.25, -0.2) is 19.0 Å². The second kappa shape index (κ2) is 10.2. The van der Waals surface area contributed by atoms with Gasteiger partial charge in [0.2, 0.25) is 5.95 Å². The number of aromatic nitrogens is 5. The van der Waals surface area contributed by atoms with Gasteiger partial charge in [0, 0.05) is 54.6 Å². The number of rotatable bonds is 6. The first-order chi connectivity index (χ1) is 19.7. The van der Waals surface area contributed by atoms with Gasteiger partial charge in [-0.15, -0.1) is 0 Å². The van der Waals surface area contributed by atoms with Crippen molar-refractivity contribution in [3.8, 4) is 22.7 Å². The number of para-hydroxylation sites is 1. The summed E-state index contributed by atoms with van der Waals surface area (Å²) in [6, 6.07) is 9.52. The first kappa shape index (κ1) is 26.8. The highest BCUT2D eigenvalue weighted by Crippen LogP contribution is 2.42. The van der Waals surface area contributed by atoms with E-state index in [0.29, 0.717) is 30.6 Å². The molecular formula is C30H28F4N6O.